The molecule has 2 aliphatic rings. The average Bonchev–Trinajstić information content (AvgIpc) is 2.80. The van der Waals surface area contributed by atoms with Gasteiger partial charge in [-0.25, -0.2) is 4.79 Å². The summed E-state index contributed by atoms with van der Waals surface area (Å²) in [5.74, 6) is -0.684. The van der Waals surface area contributed by atoms with Crippen LogP contribution >= 0.6 is 34.4 Å². The molecule has 0 spiro atoms. The first-order valence-electron chi connectivity index (χ1n) is 9.72. The first-order chi connectivity index (χ1) is 15.0. The quantitative estimate of drug-likeness (QED) is 0.236. The Bertz CT molecular complexity index is 987. The van der Waals surface area contributed by atoms with E-state index >= 15 is 0 Å². The molecule has 160 valence electrons. The number of halogens is 1. The normalized spacial score (nSPS) is 20.2. The molecule has 31 heavy (non-hydrogen) atoms. The minimum absolute atomic E-state index is 0.0451. The van der Waals surface area contributed by atoms with Crippen LogP contribution in [-0.4, -0.2) is 44.4 Å². The van der Waals surface area contributed by atoms with Gasteiger partial charge < -0.3 is 9.47 Å². The summed E-state index contributed by atoms with van der Waals surface area (Å²) in [7, 11) is 0. The van der Waals surface area contributed by atoms with E-state index in [0.717, 1.165) is 11.1 Å². The number of β-lactam (4-membered cyclic amide) rings is 1. The van der Waals surface area contributed by atoms with Crippen LogP contribution < -0.4 is 0 Å². The molecule has 2 heterocycles. The predicted molar refractivity (Wildman–Crippen MR) is 125 cm³/mol. The summed E-state index contributed by atoms with van der Waals surface area (Å²) in [5.41, 5.74) is 2.43. The molecule has 0 N–H and O–H groups in total. The molecule has 4 rings (SSSR count). The number of nitrogens with zero attached hydrogens (tertiary/aromatic N) is 1. The van der Waals surface area contributed by atoms with Gasteiger partial charge in [0.2, 0.25) is 5.91 Å². The Balaban J connectivity index is 1.68. The summed E-state index contributed by atoms with van der Waals surface area (Å²) in [6.45, 7) is 1.27. The van der Waals surface area contributed by atoms with Gasteiger partial charge in [0.05, 0.1) is 0 Å². The van der Waals surface area contributed by atoms with Crippen LogP contribution in [0.4, 0.5) is 0 Å². The molecule has 0 aromatic heterocycles. The fourth-order valence-electron chi connectivity index (χ4n) is 3.54. The molecular weight excluding hydrogens is 529 g/mol. The van der Waals surface area contributed by atoms with E-state index in [1.807, 2.05) is 60.7 Å². The molecule has 1 fully saturated rings. The first kappa shape index (κ1) is 21.9. The largest absolute Gasteiger partial charge is 0.461 e. The van der Waals surface area contributed by atoms with Crippen LogP contribution in [0.3, 0.4) is 0 Å². The number of esters is 2. The van der Waals surface area contributed by atoms with Gasteiger partial charge in [-0.15, -0.1) is 11.8 Å². The van der Waals surface area contributed by atoms with E-state index in [2.05, 4.69) is 22.6 Å². The minimum atomic E-state index is -0.628. The molecule has 8 heteroatoms. The van der Waals surface area contributed by atoms with Gasteiger partial charge in [0, 0.05) is 18.2 Å². The van der Waals surface area contributed by atoms with E-state index in [4.69, 9.17) is 9.47 Å². The van der Waals surface area contributed by atoms with Crippen LogP contribution in [0.5, 0.6) is 0 Å². The summed E-state index contributed by atoms with van der Waals surface area (Å²) < 4.78 is 10.9. The van der Waals surface area contributed by atoms with E-state index in [9.17, 15) is 14.4 Å². The number of alkyl halides is 1. The molecule has 0 saturated carbocycles. The topological polar surface area (TPSA) is 72.9 Å². The molecule has 6 nitrogen and oxygen atoms in total. The second-order valence-electron chi connectivity index (χ2n) is 7.15. The van der Waals surface area contributed by atoms with E-state index in [-0.39, 0.29) is 27.5 Å². The van der Waals surface area contributed by atoms with Crippen LogP contribution in [0.25, 0.3) is 0 Å². The fraction of sp³-hybridized carbons (Fsp3) is 0.261. The Morgan fingerprint density at radius 1 is 1.10 bits per heavy atom. The number of amides is 1. The lowest BCUT2D eigenvalue weighted by atomic mass is 10.0. The van der Waals surface area contributed by atoms with Crippen molar-refractivity contribution in [3.63, 3.8) is 0 Å². The van der Waals surface area contributed by atoms with Gasteiger partial charge in [0.15, 0.2) is 6.10 Å². The lowest BCUT2D eigenvalue weighted by Crippen LogP contribution is -2.62. The predicted octanol–water partition coefficient (Wildman–Crippen LogP) is 3.86. The van der Waals surface area contributed by atoms with Crippen LogP contribution in [0.2, 0.25) is 0 Å². The van der Waals surface area contributed by atoms with Crippen LogP contribution in [0, 0.1) is 0 Å². The number of hydrogen-bond acceptors (Lipinski definition) is 6. The molecule has 1 saturated heterocycles. The van der Waals surface area contributed by atoms with Crippen molar-refractivity contribution in [2.24, 2.45) is 0 Å². The highest BCUT2D eigenvalue weighted by atomic mass is 127. The van der Waals surface area contributed by atoms with Crippen LogP contribution in [0.1, 0.15) is 24.2 Å². The van der Waals surface area contributed by atoms with Gasteiger partial charge in [-0.05, 0) is 11.1 Å². The van der Waals surface area contributed by atoms with Crippen LogP contribution in [0.15, 0.2) is 71.9 Å². The van der Waals surface area contributed by atoms with Crippen molar-refractivity contribution in [3.8, 4) is 0 Å². The molecule has 2 aromatic rings. The smallest absolute Gasteiger partial charge is 0.356 e. The maximum absolute atomic E-state index is 13.4. The molecular formula is C23H20INO5S. The summed E-state index contributed by atoms with van der Waals surface area (Å²) in [6.07, 6.45) is -0.628. The molecule has 1 amide bonds. The van der Waals surface area contributed by atoms with Gasteiger partial charge >= 0.3 is 11.9 Å². The summed E-state index contributed by atoms with van der Waals surface area (Å²) >= 11 is 3.66. The molecule has 0 radical (unpaired) electrons. The Morgan fingerprint density at radius 3 is 2.23 bits per heavy atom. The highest BCUT2D eigenvalue weighted by molar-refractivity contribution is 14.1. The standard InChI is InChI=1S/C23H20INO5S/c1-14(26)29-12-17-13-31-22-18(24)21(27)25(22)19(17)23(28)30-20(15-8-4-2-5-9-15)16-10-6-3-7-11-16/h2-11,18,20,22H,12-13H2,1H3/t18-,22?/m0/s1. The fourth-order valence-corrected chi connectivity index (χ4v) is 6.02. The lowest BCUT2D eigenvalue weighted by Gasteiger charge is -2.47. The molecule has 0 aliphatic carbocycles. The Kier molecular flexibility index (Phi) is 6.66. The number of carbonyl (C=O) groups is 3. The zero-order valence-corrected chi connectivity index (χ0v) is 19.7. The number of thioether (sulfide) groups is 1. The molecule has 1 unspecified atom stereocenters. The minimum Gasteiger partial charge on any atom is -0.461 e. The third kappa shape index (κ3) is 4.50. The van der Waals surface area contributed by atoms with Crippen molar-refractivity contribution < 1.29 is 23.9 Å². The summed E-state index contributed by atoms with van der Waals surface area (Å²) in [5, 5.41) is -0.122. The first-order valence-corrected chi connectivity index (χ1v) is 12.0. The highest BCUT2D eigenvalue weighted by Crippen LogP contribution is 2.44. The van der Waals surface area contributed by atoms with Crippen molar-refractivity contribution in [2.45, 2.75) is 22.3 Å². The number of benzene rings is 2. The number of ether oxygens (including phenoxy) is 2. The number of fused-ring (bicyclic) bond motifs is 1. The van der Waals surface area contributed by atoms with Gasteiger partial charge in [-0.2, -0.15) is 0 Å². The van der Waals surface area contributed by atoms with E-state index in [1.165, 1.54) is 11.8 Å². The third-order valence-electron chi connectivity index (χ3n) is 5.05. The zero-order chi connectivity index (χ0) is 22.0. The van der Waals surface area contributed by atoms with E-state index < -0.39 is 18.0 Å². The third-order valence-corrected chi connectivity index (χ3v) is 8.10. The SMILES string of the molecule is CC(=O)OCC1=C(C(=O)OC(c2ccccc2)c2ccccc2)N2C(=O)[C@H](I)C2SC1. The second-order valence-corrected chi connectivity index (χ2v) is 9.60. The lowest BCUT2D eigenvalue weighted by molar-refractivity contribution is -0.151. The number of rotatable bonds is 6. The Labute approximate surface area is 198 Å². The number of carbonyl (C=O) groups excluding carboxylic acids is 3. The van der Waals surface area contributed by atoms with Gasteiger partial charge in [-0.3, -0.25) is 14.5 Å². The number of hydrogen-bond donors (Lipinski definition) is 0. The van der Waals surface area contributed by atoms with Crippen LogP contribution in [-0.2, 0) is 23.9 Å². The molecule has 2 aromatic carbocycles. The maximum Gasteiger partial charge on any atom is 0.356 e. The van der Waals surface area contributed by atoms with Crippen molar-refractivity contribution in [2.75, 3.05) is 12.4 Å². The monoisotopic (exact) mass is 549 g/mol. The van der Waals surface area contributed by atoms with Gasteiger partial charge in [0.25, 0.3) is 0 Å². The molecule has 2 atom stereocenters. The Hall–Kier alpha value is -2.33. The highest BCUT2D eigenvalue weighted by Gasteiger charge is 2.52. The van der Waals surface area contributed by atoms with E-state index in [0.29, 0.717) is 11.3 Å². The second kappa shape index (κ2) is 9.44. The zero-order valence-electron chi connectivity index (χ0n) is 16.7. The van der Waals surface area contributed by atoms with Crippen molar-refractivity contribution >= 4 is 52.2 Å². The van der Waals surface area contributed by atoms with E-state index in [1.54, 1.807) is 11.8 Å². The Morgan fingerprint density at radius 2 is 1.68 bits per heavy atom. The maximum atomic E-state index is 13.4. The van der Waals surface area contributed by atoms with Gasteiger partial charge in [-0.1, -0.05) is 83.3 Å². The summed E-state index contributed by atoms with van der Waals surface area (Å²) in [4.78, 5) is 38.8. The molecule has 0 bridgehead atoms. The van der Waals surface area contributed by atoms with Crippen molar-refractivity contribution in [1.82, 2.24) is 4.90 Å². The summed E-state index contributed by atoms with van der Waals surface area (Å²) in [6, 6.07) is 18.9. The van der Waals surface area contributed by atoms with Crippen molar-refractivity contribution in [1.29, 1.82) is 0 Å². The molecule has 2 aliphatic heterocycles. The van der Waals surface area contributed by atoms with Gasteiger partial charge in [0.1, 0.15) is 21.6 Å². The van der Waals surface area contributed by atoms with Crippen molar-refractivity contribution in [3.05, 3.63) is 83.1 Å². The average molecular weight is 549 g/mol.